The van der Waals surface area contributed by atoms with Crippen LogP contribution in [0.15, 0.2) is 9.59 Å². The van der Waals surface area contributed by atoms with E-state index in [9.17, 15) is 14.2 Å². The molecule has 112 valence electrons. The normalized spacial score (nSPS) is 15.2. The fourth-order valence-electron chi connectivity index (χ4n) is 2.30. The van der Waals surface area contributed by atoms with Gasteiger partial charge in [-0.25, -0.2) is 0 Å². The number of rotatable bonds is 7. The van der Waals surface area contributed by atoms with Crippen molar-refractivity contribution in [1.29, 1.82) is 0 Å². The van der Waals surface area contributed by atoms with Crippen LogP contribution in [-0.4, -0.2) is 39.0 Å². The lowest BCUT2D eigenvalue weighted by atomic mass is 10.1. The van der Waals surface area contributed by atoms with Crippen molar-refractivity contribution >= 4 is 19.0 Å². The van der Waals surface area contributed by atoms with E-state index in [0.717, 1.165) is 0 Å². The fraction of sp³-hybridized carbons (Fsp3) is 0.667. The standard InChI is InChI=1S/C12H19N2O5P/c1-3-18-20(17,19-4-2)8-7-14-6-5-13-9-10(14)12(16)11(9)15/h13H,3-8H2,1-2H3. The topological polar surface area (TPSA) is 84.9 Å². The van der Waals surface area contributed by atoms with Gasteiger partial charge in [0.2, 0.25) is 0 Å². The van der Waals surface area contributed by atoms with Crippen molar-refractivity contribution < 1.29 is 13.6 Å². The zero-order chi connectivity index (χ0) is 14.8. The van der Waals surface area contributed by atoms with Gasteiger partial charge in [0, 0.05) is 19.6 Å². The minimum atomic E-state index is -3.12. The minimum Gasteiger partial charge on any atom is -0.378 e. The van der Waals surface area contributed by atoms with Gasteiger partial charge in [0.1, 0.15) is 11.4 Å². The summed E-state index contributed by atoms with van der Waals surface area (Å²) in [7, 11) is -3.12. The first-order valence-corrected chi connectivity index (χ1v) is 8.45. The van der Waals surface area contributed by atoms with E-state index in [2.05, 4.69) is 5.32 Å². The predicted molar refractivity (Wildman–Crippen MR) is 77.8 cm³/mol. The Morgan fingerprint density at radius 1 is 1.20 bits per heavy atom. The number of hydrogen-bond donors (Lipinski definition) is 1. The maximum Gasteiger partial charge on any atom is 0.332 e. The number of anilines is 2. The molecule has 20 heavy (non-hydrogen) atoms. The van der Waals surface area contributed by atoms with Crippen molar-refractivity contribution in [3.05, 3.63) is 20.4 Å². The van der Waals surface area contributed by atoms with E-state index < -0.39 is 18.5 Å². The SMILES string of the molecule is CCOP(=O)(CCN1CCNc2c1c(=O)c2=O)OCC. The van der Waals surface area contributed by atoms with E-state index in [1.165, 1.54) is 0 Å². The summed E-state index contributed by atoms with van der Waals surface area (Å²) in [4.78, 5) is 24.7. The Balaban J connectivity index is 2.05. The summed E-state index contributed by atoms with van der Waals surface area (Å²) in [6, 6.07) is 0. The molecule has 1 N–H and O–H groups in total. The lowest BCUT2D eigenvalue weighted by Gasteiger charge is -2.33. The van der Waals surface area contributed by atoms with Crippen LogP contribution < -0.4 is 21.1 Å². The summed E-state index contributed by atoms with van der Waals surface area (Å²) in [6.07, 6.45) is 0.201. The second kappa shape index (κ2) is 6.08. The van der Waals surface area contributed by atoms with Gasteiger partial charge in [0.15, 0.2) is 0 Å². The van der Waals surface area contributed by atoms with Crippen LogP contribution in [0.25, 0.3) is 0 Å². The number of nitrogens with one attached hydrogen (secondary N) is 1. The highest BCUT2D eigenvalue weighted by molar-refractivity contribution is 7.53. The molecule has 7 nitrogen and oxygen atoms in total. The van der Waals surface area contributed by atoms with Crippen molar-refractivity contribution in [3.8, 4) is 0 Å². The van der Waals surface area contributed by atoms with Crippen LogP contribution in [0.3, 0.4) is 0 Å². The molecule has 0 atom stereocenters. The molecule has 8 heteroatoms. The van der Waals surface area contributed by atoms with Gasteiger partial charge in [-0.15, -0.1) is 0 Å². The monoisotopic (exact) mass is 302 g/mol. The molecular formula is C12H19N2O5P. The number of hydrogen-bond acceptors (Lipinski definition) is 7. The van der Waals surface area contributed by atoms with Gasteiger partial charge in [0.05, 0.1) is 19.4 Å². The molecule has 1 aliphatic heterocycles. The Labute approximate surface area is 117 Å². The molecule has 0 aromatic heterocycles. The minimum absolute atomic E-state index is 0.201. The highest BCUT2D eigenvalue weighted by Crippen LogP contribution is 2.47. The van der Waals surface area contributed by atoms with Crippen LogP contribution in [0, 0.1) is 0 Å². The van der Waals surface area contributed by atoms with E-state index in [-0.39, 0.29) is 6.16 Å². The van der Waals surface area contributed by atoms with Crippen LogP contribution >= 0.6 is 7.60 Å². The quantitative estimate of drug-likeness (QED) is 0.588. The maximum absolute atomic E-state index is 12.4. The van der Waals surface area contributed by atoms with Crippen molar-refractivity contribution in [3.63, 3.8) is 0 Å². The molecule has 0 saturated heterocycles. The molecule has 0 radical (unpaired) electrons. The molecule has 2 rings (SSSR count). The molecule has 0 spiro atoms. The van der Waals surface area contributed by atoms with Gasteiger partial charge in [-0.3, -0.25) is 14.2 Å². The zero-order valence-electron chi connectivity index (χ0n) is 11.7. The molecule has 1 aromatic rings. The Morgan fingerprint density at radius 3 is 2.45 bits per heavy atom. The van der Waals surface area contributed by atoms with Gasteiger partial charge in [-0.1, -0.05) is 0 Å². The summed E-state index contributed by atoms with van der Waals surface area (Å²) in [6.45, 7) is 5.68. The maximum atomic E-state index is 12.4. The summed E-state index contributed by atoms with van der Waals surface area (Å²) in [5.74, 6) is 0. The molecule has 0 aliphatic carbocycles. The van der Waals surface area contributed by atoms with Crippen LogP contribution in [-0.2, 0) is 13.6 Å². The fourth-order valence-corrected chi connectivity index (χ4v) is 3.91. The second-order valence-electron chi connectivity index (χ2n) is 4.47. The Morgan fingerprint density at radius 2 is 1.85 bits per heavy atom. The molecule has 0 fully saturated rings. The lowest BCUT2D eigenvalue weighted by molar-refractivity contribution is 0.220. The lowest BCUT2D eigenvalue weighted by Crippen LogP contribution is -2.49. The van der Waals surface area contributed by atoms with Crippen LogP contribution in [0.1, 0.15) is 13.8 Å². The average Bonchev–Trinajstić information content (AvgIpc) is 2.44. The first-order valence-electron chi connectivity index (χ1n) is 6.72. The van der Waals surface area contributed by atoms with Gasteiger partial charge in [0.25, 0.3) is 10.9 Å². The van der Waals surface area contributed by atoms with Gasteiger partial charge in [-0.05, 0) is 13.8 Å². The molecule has 1 aromatic carbocycles. The number of nitrogens with zero attached hydrogens (tertiary/aromatic N) is 1. The first-order chi connectivity index (χ1) is 9.52. The van der Waals surface area contributed by atoms with Crippen molar-refractivity contribution in [1.82, 2.24) is 0 Å². The zero-order valence-corrected chi connectivity index (χ0v) is 12.6. The van der Waals surface area contributed by atoms with E-state index in [1.54, 1.807) is 18.7 Å². The van der Waals surface area contributed by atoms with E-state index in [4.69, 9.17) is 9.05 Å². The Hall–Kier alpha value is -1.17. The molecule has 0 unspecified atom stereocenters. The highest BCUT2D eigenvalue weighted by Gasteiger charge is 2.31. The van der Waals surface area contributed by atoms with Gasteiger partial charge < -0.3 is 19.3 Å². The number of fused-ring (bicyclic) bond motifs is 1. The molecular weight excluding hydrogens is 283 g/mol. The van der Waals surface area contributed by atoms with Crippen LogP contribution in [0.5, 0.6) is 0 Å². The average molecular weight is 302 g/mol. The Bertz CT molecular complexity index is 583. The van der Waals surface area contributed by atoms with Gasteiger partial charge >= 0.3 is 7.60 Å². The van der Waals surface area contributed by atoms with E-state index in [1.807, 2.05) is 0 Å². The first kappa shape index (κ1) is 15.2. The van der Waals surface area contributed by atoms with Crippen molar-refractivity contribution in [2.24, 2.45) is 0 Å². The van der Waals surface area contributed by atoms with Gasteiger partial charge in [-0.2, -0.15) is 0 Å². The summed E-state index contributed by atoms with van der Waals surface area (Å²) >= 11 is 0. The van der Waals surface area contributed by atoms with E-state index in [0.29, 0.717) is 44.2 Å². The van der Waals surface area contributed by atoms with Crippen LogP contribution in [0.4, 0.5) is 11.4 Å². The highest BCUT2D eigenvalue weighted by atomic mass is 31.2. The predicted octanol–water partition coefficient (Wildman–Crippen LogP) is 0.781. The molecule has 0 saturated carbocycles. The molecule has 0 bridgehead atoms. The van der Waals surface area contributed by atoms with Crippen molar-refractivity contribution in [2.45, 2.75) is 13.8 Å². The third-order valence-corrected chi connectivity index (χ3v) is 5.23. The summed E-state index contributed by atoms with van der Waals surface area (Å²) in [5.41, 5.74) is -0.165. The molecule has 1 heterocycles. The third kappa shape index (κ3) is 2.80. The van der Waals surface area contributed by atoms with E-state index >= 15 is 0 Å². The Kier molecular flexibility index (Phi) is 4.62. The summed E-state index contributed by atoms with van der Waals surface area (Å²) in [5, 5.41) is 2.91. The largest absolute Gasteiger partial charge is 0.378 e. The molecule has 0 amide bonds. The summed E-state index contributed by atoms with van der Waals surface area (Å²) < 4.78 is 22.8. The van der Waals surface area contributed by atoms with Crippen LogP contribution in [0.2, 0.25) is 0 Å². The second-order valence-corrected chi connectivity index (χ2v) is 6.65. The third-order valence-electron chi connectivity index (χ3n) is 3.18. The van der Waals surface area contributed by atoms with Crippen molar-refractivity contribution in [2.75, 3.05) is 49.2 Å². The molecule has 1 aliphatic rings. The smallest absolute Gasteiger partial charge is 0.332 e.